The smallest absolute Gasteiger partial charge is 0.169 e. The molecule has 7 nitrogen and oxygen atoms in total. The van der Waals surface area contributed by atoms with E-state index in [0.29, 0.717) is 18.4 Å². The lowest BCUT2D eigenvalue weighted by Gasteiger charge is -2.25. The average Bonchev–Trinajstić information content (AvgIpc) is 3.24. The highest BCUT2D eigenvalue weighted by Crippen LogP contribution is 2.25. The van der Waals surface area contributed by atoms with E-state index in [-0.39, 0.29) is 11.8 Å². The summed E-state index contributed by atoms with van der Waals surface area (Å²) in [6, 6.07) is 9.17. The molecule has 1 unspecified atom stereocenters. The second kappa shape index (κ2) is 5.32. The van der Waals surface area contributed by atoms with Crippen LogP contribution in [0.25, 0.3) is 0 Å². The molecule has 4 rings (SSSR count). The summed E-state index contributed by atoms with van der Waals surface area (Å²) in [6.45, 7) is 0.429. The minimum Gasteiger partial charge on any atom is -0.508 e. The Bertz CT molecular complexity index is 771. The maximum Gasteiger partial charge on any atom is 0.169 e. The van der Waals surface area contributed by atoms with E-state index in [1.54, 1.807) is 23.2 Å². The normalized spacial score (nSPS) is 22.5. The SMILES string of the molecule is N#CC1CN=C2C(NC3CC3)=CC(Nc3cccc(O)c3)=NN21. The van der Waals surface area contributed by atoms with E-state index in [1.165, 1.54) is 0 Å². The fraction of sp³-hybridized carbons (Fsp3) is 0.312. The van der Waals surface area contributed by atoms with Crippen LogP contribution in [0.1, 0.15) is 12.8 Å². The van der Waals surface area contributed by atoms with Crippen molar-refractivity contribution in [2.45, 2.75) is 24.9 Å². The van der Waals surface area contributed by atoms with Crippen molar-refractivity contribution in [2.24, 2.45) is 10.1 Å². The molecular weight excluding hydrogens is 292 g/mol. The number of nitriles is 1. The summed E-state index contributed by atoms with van der Waals surface area (Å²) in [5, 5.41) is 31.6. The number of amidine groups is 2. The number of hydrogen-bond donors (Lipinski definition) is 3. The maximum absolute atomic E-state index is 9.57. The summed E-state index contributed by atoms with van der Waals surface area (Å²) >= 11 is 0. The van der Waals surface area contributed by atoms with Crippen molar-refractivity contribution in [1.82, 2.24) is 10.3 Å². The Morgan fingerprint density at radius 2 is 2.22 bits per heavy atom. The van der Waals surface area contributed by atoms with Crippen molar-refractivity contribution in [3.05, 3.63) is 36.0 Å². The number of nitrogens with one attached hydrogen (secondary N) is 2. The summed E-state index contributed by atoms with van der Waals surface area (Å²) in [6.07, 6.45) is 4.20. The molecular formula is C16H16N6O. The molecule has 0 spiro atoms. The van der Waals surface area contributed by atoms with Crippen LogP contribution in [0.2, 0.25) is 0 Å². The second-order valence-corrected chi connectivity index (χ2v) is 5.79. The summed E-state index contributed by atoms with van der Waals surface area (Å²) in [5.74, 6) is 1.52. The predicted octanol–water partition coefficient (Wildman–Crippen LogP) is 1.37. The van der Waals surface area contributed by atoms with Crippen LogP contribution in [0.3, 0.4) is 0 Å². The number of aromatic hydroxyl groups is 1. The largest absolute Gasteiger partial charge is 0.508 e. The van der Waals surface area contributed by atoms with E-state index >= 15 is 0 Å². The van der Waals surface area contributed by atoms with Crippen LogP contribution in [0.15, 0.2) is 46.1 Å². The monoisotopic (exact) mass is 308 g/mol. The lowest BCUT2D eigenvalue weighted by molar-refractivity contribution is 0.417. The third-order valence-electron chi connectivity index (χ3n) is 3.87. The van der Waals surface area contributed by atoms with Gasteiger partial charge in [-0.2, -0.15) is 10.4 Å². The number of aliphatic imine (C=N–C) groups is 1. The van der Waals surface area contributed by atoms with Crippen molar-refractivity contribution in [3.8, 4) is 11.8 Å². The highest BCUT2D eigenvalue weighted by Gasteiger charge is 2.35. The zero-order chi connectivity index (χ0) is 15.8. The number of phenols is 1. The fourth-order valence-corrected chi connectivity index (χ4v) is 2.58. The molecule has 7 heteroatoms. The number of benzene rings is 1. The van der Waals surface area contributed by atoms with Crippen molar-refractivity contribution in [1.29, 1.82) is 5.26 Å². The molecule has 0 saturated heterocycles. The van der Waals surface area contributed by atoms with Crippen LogP contribution in [0.5, 0.6) is 5.75 Å². The first-order valence-corrected chi connectivity index (χ1v) is 7.59. The van der Waals surface area contributed by atoms with Gasteiger partial charge in [-0.05, 0) is 25.0 Å². The van der Waals surface area contributed by atoms with Gasteiger partial charge in [0.2, 0.25) is 0 Å². The quantitative estimate of drug-likeness (QED) is 0.784. The van der Waals surface area contributed by atoms with Crippen molar-refractivity contribution in [2.75, 3.05) is 11.9 Å². The molecule has 0 bridgehead atoms. The molecule has 3 N–H and O–H groups in total. The number of phenolic OH excluding ortho intramolecular Hbond substituents is 1. The number of nitrogens with zero attached hydrogens (tertiary/aromatic N) is 4. The van der Waals surface area contributed by atoms with Crippen LogP contribution in [0.4, 0.5) is 5.69 Å². The second-order valence-electron chi connectivity index (χ2n) is 5.79. The van der Waals surface area contributed by atoms with E-state index in [4.69, 9.17) is 0 Å². The van der Waals surface area contributed by atoms with Gasteiger partial charge in [0, 0.05) is 23.9 Å². The van der Waals surface area contributed by atoms with E-state index in [1.807, 2.05) is 12.1 Å². The Hall–Kier alpha value is -3.01. The molecule has 1 atom stereocenters. The topological polar surface area (TPSA) is 96.0 Å². The van der Waals surface area contributed by atoms with Gasteiger partial charge in [0.25, 0.3) is 0 Å². The number of anilines is 1. The summed E-state index contributed by atoms with van der Waals surface area (Å²) < 4.78 is 0. The Balaban J connectivity index is 1.63. The van der Waals surface area contributed by atoms with Crippen molar-refractivity contribution < 1.29 is 5.11 Å². The molecule has 1 saturated carbocycles. The summed E-state index contributed by atoms with van der Waals surface area (Å²) in [5.41, 5.74) is 1.63. The number of hydrazone groups is 1. The van der Waals surface area contributed by atoms with Gasteiger partial charge in [0.05, 0.1) is 18.3 Å². The number of rotatable bonds is 3. The van der Waals surface area contributed by atoms with Gasteiger partial charge in [0.15, 0.2) is 17.7 Å². The third kappa shape index (κ3) is 2.71. The summed E-state index contributed by atoms with van der Waals surface area (Å²) in [7, 11) is 0. The molecule has 0 aromatic heterocycles. The Kier molecular flexibility index (Phi) is 3.15. The lowest BCUT2D eigenvalue weighted by atomic mass is 10.2. The van der Waals surface area contributed by atoms with Gasteiger partial charge in [0.1, 0.15) is 5.75 Å². The minimum atomic E-state index is -0.379. The molecule has 2 aliphatic heterocycles. The molecule has 1 aromatic rings. The Labute approximate surface area is 133 Å². The first kappa shape index (κ1) is 13.6. The Morgan fingerprint density at radius 3 is 2.96 bits per heavy atom. The number of hydrogen-bond acceptors (Lipinski definition) is 7. The van der Waals surface area contributed by atoms with Gasteiger partial charge in [-0.15, -0.1) is 0 Å². The molecule has 2 heterocycles. The zero-order valence-corrected chi connectivity index (χ0v) is 12.4. The molecule has 116 valence electrons. The molecule has 1 fully saturated rings. The standard InChI is InChI=1S/C16H16N6O/c17-8-12-9-18-16-14(19-10-4-5-10)7-15(21-22(12)16)20-11-2-1-3-13(23)6-11/h1-3,6-7,10,12,19,23H,4-5,9H2,(H,20,21). The van der Waals surface area contributed by atoms with Gasteiger partial charge in [-0.1, -0.05) is 6.07 Å². The van der Waals surface area contributed by atoms with Gasteiger partial charge in [-0.3, -0.25) is 4.99 Å². The molecule has 0 radical (unpaired) electrons. The molecule has 0 amide bonds. The molecule has 1 aliphatic carbocycles. The summed E-state index contributed by atoms with van der Waals surface area (Å²) in [4.78, 5) is 4.44. The average molecular weight is 308 g/mol. The van der Waals surface area contributed by atoms with E-state index in [0.717, 1.165) is 30.1 Å². The van der Waals surface area contributed by atoms with Crippen molar-refractivity contribution >= 4 is 17.4 Å². The highest BCUT2D eigenvalue weighted by molar-refractivity contribution is 6.13. The van der Waals surface area contributed by atoms with E-state index < -0.39 is 0 Å². The van der Waals surface area contributed by atoms with Crippen LogP contribution >= 0.6 is 0 Å². The number of fused-ring (bicyclic) bond motifs is 1. The first-order chi connectivity index (χ1) is 11.2. The maximum atomic E-state index is 9.57. The van der Waals surface area contributed by atoms with Crippen molar-refractivity contribution in [3.63, 3.8) is 0 Å². The van der Waals surface area contributed by atoms with E-state index in [9.17, 15) is 10.4 Å². The molecule has 3 aliphatic rings. The third-order valence-corrected chi connectivity index (χ3v) is 3.87. The fourth-order valence-electron chi connectivity index (χ4n) is 2.58. The van der Waals surface area contributed by atoms with Crippen LogP contribution in [0, 0.1) is 11.3 Å². The van der Waals surface area contributed by atoms with Gasteiger partial charge >= 0.3 is 0 Å². The molecule has 23 heavy (non-hydrogen) atoms. The van der Waals surface area contributed by atoms with Gasteiger partial charge < -0.3 is 15.7 Å². The zero-order valence-electron chi connectivity index (χ0n) is 12.4. The Morgan fingerprint density at radius 1 is 1.35 bits per heavy atom. The predicted molar refractivity (Wildman–Crippen MR) is 86.9 cm³/mol. The lowest BCUT2D eigenvalue weighted by Crippen LogP contribution is -2.40. The van der Waals surface area contributed by atoms with Crippen LogP contribution < -0.4 is 10.6 Å². The molecule has 1 aromatic carbocycles. The van der Waals surface area contributed by atoms with Crippen LogP contribution in [-0.2, 0) is 0 Å². The first-order valence-electron chi connectivity index (χ1n) is 7.59. The van der Waals surface area contributed by atoms with Crippen LogP contribution in [-0.4, -0.2) is 40.4 Å². The van der Waals surface area contributed by atoms with Gasteiger partial charge in [-0.25, -0.2) is 5.01 Å². The van der Waals surface area contributed by atoms with E-state index in [2.05, 4.69) is 26.8 Å². The minimum absolute atomic E-state index is 0.185. The highest BCUT2D eigenvalue weighted by atomic mass is 16.3.